The van der Waals surface area contributed by atoms with Crippen LogP contribution in [0.4, 0.5) is 19.0 Å². The van der Waals surface area contributed by atoms with Crippen molar-refractivity contribution in [3.05, 3.63) is 52.6 Å². The van der Waals surface area contributed by atoms with Gasteiger partial charge in [-0.05, 0) is 37.0 Å². The Morgan fingerprint density at radius 3 is 2.54 bits per heavy atom. The molecule has 3 rings (SSSR count). The Kier molecular flexibility index (Phi) is 4.55. The summed E-state index contributed by atoms with van der Waals surface area (Å²) in [7, 11) is 0. The summed E-state index contributed by atoms with van der Waals surface area (Å²) in [5.74, 6) is 0.623. The fourth-order valence-electron chi connectivity index (χ4n) is 2.87. The minimum Gasteiger partial charge on any atom is -0.357 e. The van der Waals surface area contributed by atoms with E-state index in [0.717, 1.165) is 18.9 Å². The molecule has 2 aromatic rings. The summed E-state index contributed by atoms with van der Waals surface area (Å²) in [6.07, 6.45) is -1.31. The number of anilines is 1. The number of aromatic nitrogens is 3. The highest BCUT2D eigenvalue weighted by Crippen LogP contribution is 2.30. The second-order valence-corrected chi connectivity index (χ2v) is 5.85. The van der Waals surface area contributed by atoms with Gasteiger partial charge in [-0.2, -0.15) is 18.3 Å². The van der Waals surface area contributed by atoms with Gasteiger partial charge in [0.25, 0.3) is 5.56 Å². The number of nitrogens with zero attached hydrogens (tertiary/aromatic N) is 4. The minimum absolute atomic E-state index is 0.139. The van der Waals surface area contributed by atoms with Crippen molar-refractivity contribution in [2.24, 2.45) is 5.92 Å². The van der Waals surface area contributed by atoms with Crippen molar-refractivity contribution < 1.29 is 13.2 Å². The van der Waals surface area contributed by atoms with Gasteiger partial charge >= 0.3 is 6.18 Å². The molecule has 0 radical (unpaired) electrons. The van der Waals surface area contributed by atoms with E-state index in [-0.39, 0.29) is 11.5 Å². The molecule has 8 heteroatoms. The van der Waals surface area contributed by atoms with Gasteiger partial charge in [0.05, 0.1) is 0 Å². The molecular formula is C16H17F3N4O. The molecule has 3 heterocycles. The second kappa shape index (κ2) is 6.62. The molecule has 1 aliphatic rings. The SMILES string of the molecule is O=c1cccnn1CC1CCN(c2cccc(C(F)(F)F)n2)CC1. The quantitative estimate of drug-likeness (QED) is 0.863. The number of alkyl halides is 3. The zero-order valence-corrected chi connectivity index (χ0v) is 12.9. The molecule has 1 saturated heterocycles. The third-order valence-electron chi connectivity index (χ3n) is 4.18. The number of hydrogen-bond acceptors (Lipinski definition) is 4. The van der Waals surface area contributed by atoms with E-state index in [2.05, 4.69) is 10.1 Å². The summed E-state index contributed by atoms with van der Waals surface area (Å²) in [6, 6.07) is 7.02. The van der Waals surface area contributed by atoms with Crippen LogP contribution >= 0.6 is 0 Å². The molecule has 0 amide bonds. The predicted octanol–water partition coefficient (Wildman–Crippen LogP) is 2.57. The number of rotatable bonds is 3. The monoisotopic (exact) mass is 338 g/mol. The number of pyridine rings is 1. The number of piperidine rings is 1. The van der Waals surface area contributed by atoms with E-state index in [1.54, 1.807) is 18.3 Å². The largest absolute Gasteiger partial charge is 0.433 e. The molecule has 2 aromatic heterocycles. The van der Waals surface area contributed by atoms with E-state index < -0.39 is 11.9 Å². The number of hydrogen-bond donors (Lipinski definition) is 0. The van der Waals surface area contributed by atoms with Gasteiger partial charge in [0.2, 0.25) is 0 Å². The highest BCUT2D eigenvalue weighted by Gasteiger charge is 2.33. The smallest absolute Gasteiger partial charge is 0.357 e. The lowest BCUT2D eigenvalue weighted by molar-refractivity contribution is -0.141. The molecule has 0 atom stereocenters. The molecule has 0 N–H and O–H groups in total. The van der Waals surface area contributed by atoms with Crippen molar-refractivity contribution >= 4 is 5.82 Å². The highest BCUT2D eigenvalue weighted by molar-refractivity contribution is 5.40. The van der Waals surface area contributed by atoms with Crippen LogP contribution in [-0.4, -0.2) is 27.9 Å². The first kappa shape index (κ1) is 16.5. The van der Waals surface area contributed by atoms with Gasteiger partial charge in [0.15, 0.2) is 0 Å². The first-order chi connectivity index (χ1) is 11.4. The molecule has 0 aliphatic carbocycles. The lowest BCUT2D eigenvalue weighted by atomic mass is 9.97. The van der Waals surface area contributed by atoms with E-state index >= 15 is 0 Å². The Morgan fingerprint density at radius 1 is 1.12 bits per heavy atom. The van der Waals surface area contributed by atoms with E-state index in [4.69, 9.17) is 0 Å². The van der Waals surface area contributed by atoms with Crippen molar-refractivity contribution in [1.29, 1.82) is 0 Å². The van der Waals surface area contributed by atoms with Gasteiger partial charge in [-0.15, -0.1) is 0 Å². The normalized spacial score (nSPS) is 16.4. The van der Waals surface area contributed by atoms with Crippen molar-refractivity contribution in [3.63, 3.8) is 0 Å². The third kappa shape index (κ3) is 3.74. The van der Waals surface area contributed by atoms with Gasteiger partial charge in [0, 0.05) is 31.9 Å². The van der Waals surface area contributed by atoms with Gasteiger partial charge in [0.1, 0.15) is 11.5 Å². The molecular weight excluding hydrogens is 321 g/mol. The Bertz CT molecular complexity index is 751. The lowest BCUT2D eigenvalue weighted by Crippen LogP contribution is -2.37. The first-order valence-electron chi connectivity index (χ1n) is 7.75. The van der Waals surface area contributed by atoms with E-state index in [1.165, 1.54) is 16.8 Å². The minimum atomic E-state index is -4.44. The predicted molar refractivity (Wildman–Crippen MR) is 82.7 cm³/mol. The average molecular weight is 338 g/mol. The van der Waals surface area contributed by atoms with Crippen LogP contribution < -0.4 is 10.5 Å². The molecule has 0 aromatic carbocycles. The molecule has 0 spiro atoms. The molecule has 128 valence electrons. The van der Waals surface area contributed by atoms with Gasteiger partial charge < -0.3 is 4.90 Å². The van der Waals surface area contributed by atoms with Gasteiger partial charge in [-0.1, -0.05) is 6.07 Å². The zero-order valence-electron chi connectivity index (χ0n) is 12.9. The van der Waals surface area contributed by atoms with Crippen LogP contribution in [0.3, 0.4) is 0 Å². The molecule has 0 unspecified atom stereocenters. The van der Waals surface area contributed by atoms with Gasteiger partial charge in [-0.25, -0.2) is 9.67 Å². The van der Waals surface area contributed by atoms with Crippen LogP contribution in [0.25, 0.3) is 0 Å². The highest BCUT2D eigenvalue weighted by atomic mass is 19.4. The fourth-order valence-corrected chi connectivity index (χ4v) is 2.87. The maximum absolute atomic E-state index is 12.8. The third-order valence-corrected chi connectivity index (χ3v) is 4.18. The summed E-state index contributed by atoms with van der Waals surface area (Å²) < 4.78 is 39.7. The molecule has 1 aliphatic heterocycles. The standard InChI is InChI=1S/C16H17F3N4O/c17-16(18,19)13-3-1-4-14(21-13)22-9-6-12(7-10-22)11-23-15(24)5-2-8-20-23/h1-5,8,12H,6-7,9-11H2. The van der Waals surface area contributed by atoms with Crippen LogP contribution in [0.5, 0.6) is 0 Å². The number of halogens is 3. The van der Waals surface area contributed by atoms with Crippen LogP contribution in [0.15, 0.2) is 41.3 Å². The molecule has 24 heavy (non-hydrogen) atoms. The van der Waals surface area contributed by atoms with Gasteiger partial charge in [-0.3, -0.25) is 4.79 Å². The Labute approximate surface area is 136 Å². The second-order valence-electron chi connectivity index (χ2n) is 5.85. The Hall–Kier alpha value is -2.38. The summed E-state index contributed by atoms with van der Waals surface area (Å²) in [4.78, 5) is 17.3. The maximum atomic E-state index is 12.8. The van der Waals surface area contributed by atoms with E-state index in [1.807, 2.05) is 4.90 Å². The Morgan fingerprint density at radius 2 is 1.88 bits per heavy atom. The van der Waals surface area contributed by atoms with Crippen LogP contribution in [-0.2, 0) is 12.7 Å². The zero-order chi connectivity index (χ0) is 17.2. The topological polar surface area (TPSA) is 51.0 Å². The van der Waals surface area contributed by atoms with Crippen molar-refractivity contribution in [2.75, 3.05) is 18.0 Å². The maximum Gasteiger partial charge on any atom is 0.433 e. The molecule has 0 saturated carbocycles. The summed E-state index contributed by atoms with van der Waals surface area (Å²) in [5, 5.41) is 4.04. The molecule has 0 bridgehead atoms. The first-order valence-corrected chi connectivity index (χ1v) is 7.75. The fraction of sp³-hybridized carbons (Fsp3) is 0.438. The van der Waals surface area contributed by atoms with E-state index in [0.29, 0.717) is 25.5 Å². The molecule has 1 fully saturated rings. The summed E-state index contributed by atoms with van der Waals surface area (Å²) in [6.45, 7) is 1.75. The van der Waals surface area contributed by atoms with Crippen LogP contribution in [0.1, 0.15) is 18.5 Å². The summed E-state index contributed by atoms with van der Waals surface area (Å²) >= 11 is 0. The summed E-state index contributed by atoms with van der Waals surface area (Å²) in [5.41, 5.74) is -1.01. The van der Waals surface area contributed by atoms with E-state index in [9.17, 15) is 18.0 Å². The van der Waals surface area contributed by atoms with Crippen molar-refractivity contribution in [2.45, 2.75) is 25.6 Å². The van der Waals surface area contributed by atoms with Crippen LogP contribution in [0, 0.1) is 5.92 Å². The van der Waals surface area contributed by atoms with Crippen molar-refractivity contribution in [3.8, 4) is 0 Å². The van der Waals surface area contributed by atoms with Crippen LogP contribution in [0.2, 0.25) is 0 Å². The van der Waals surface area contributed by atoms with Crippen molar-refractivity contribution in [1.82, 2.24) is 14.8 Å². The Balaban J connectivity index is 1.63. The lowest BCUT2D eigenvalue weighted by Gasteiger charge is -2.33. The average Bonchev–Trinajstić information content (AvgIpc) is 2.57. The molecule has 5 nitrogen and oxygen atoms in total.